The molecule has 2 rings (SSSR count). The molecule has 0 heterocycles. The number of benzene rings is 2. The van der Waals surface area contributed by atoms with Crippen LogP contribution in [0.15, 0.2) is 39.6 Å². The molecule has 6 nitrogen and oxygen atoms in total. The monoisotopic (exact) mass is 434 g/mol. The number of halogens is 3. The third-order valence-electron chi connectivity index (χ3n) is 3.19. The van der Waals surface area contributed by atoms with Gasteiger partial charge in [0.25, 0.3) is 10.0 Å². The summed E-state index contributed by atoms with van der Waals surface area (Å²) in [5.41, 5.74) is 0.0358. The Morgan fingerprint density at radius 1 is 1.12 bits per heavy atom. The molecular formula is C16H13Cl3N2O4S. The van der Waals surface area contributed by atoms with Crippen LogP contribution in [-0.4, -0.2) is 44.6 Å². The summed E-state index contributed by atoms with van der Waals surface area (Å²) in [4.78, 5) is 13.8. The van der Waals surface area contributed by atoms with E-state index in [2.05, 4.69) is 4.40 Å². The van der Waals surface area contributed by atoms with Gasteiger partial charge in [-0.2, -0.15) is 8.42 Å². The Morgan fingerprint density at radius 3 is 2.38 bits per heavy atom. The summed E-state index contributed by atoms with van der Waals surface area (Å²) in [6.07, 6.45) is 1.11. The van der Waals surface area contributed by atoms with Crippen molar-refractivity contribution < 1.29 is 18.3 Å². The molecule has 0 unspecified atom stereocenters. The van der Waals surface area contributed by atoms with Crippen molar-refractivity contribution in [1.82, 2.24) is 4.90 Å². The van der Waals surface area contributed by atoms with Gasteiger partial charge >= 0.3 is 0 Å². The zero-order chi connectivity index (χ0) is 19.6. The molecule has 0 spiro atoms. The first-order valence-electron chi connectivity index (χ1n) is 7.02. The van der Waals surface area contributed by atoms with Gasteiger partial charge in [0.05, 0.1) is 10.0 Å². The summed E-state index contributed by atoms with van der Waals surface area (Å²) in [6.45, 7) is 0. The molecule has 0 radical (unpaired) electrons. The number of rotatable bonds is 5. The quantitative estimate of drug-likeness (QED) is 0.438. The molecule has 0 fully saturated rings. The zero-order valence-electron chi connectivity index (χ0n) is 13.6. The predicted octanol–water partition coefficient (Wildman–Crippen LogP) is 3.86. The van der Waals surface area contributed by atoms with Crippen molar-refractivity contribution >= 4 is 56.9 Å². The standard InChI is InChI=1S/C16H13Cl3N2O4S/c1-21(2)8-20-26(24,25)13-7-9(3-5-11(13)17)16(23)10-4-6-12(22)15(19)14(10)18/h3-8,22H,1-2H3. The molecule has 0 amide bonds. The van der Waals surface area contributed by atoms with Crippen LogP contribution in [0.4, 0.5) is 0 Å². The highest BCUT2D eigenvalue weighted by atomic mass is 35.5. The molecule has 0 saturated heterocycles. The molecule has 138 valence electrons. The van der Waals surface area contributed by atoms with E-state index in [-0.39, 0.29) is 36.8 Å². The predicted molar refractivity (Wildman–Crippen MR) is 102 cm³/mol. The van der Waals surface area contributed by atoms with E-state index in [9.17, 15) is 18.3 Å². The maximum absolute atomic E-state index is 12.7. The molecule has 1 N–H and O–H groups in total. The highest BCUT2D eigenvalue weighted by molar-refractivity contribution is 7.90. The first-order chi connectivity index (χ1) is 12.0. The number of carbonyl (C=O) groups is 1. The van der Waals surface area contributed by atoms with Gasteiger partial charge in [-0.25, -0.2) is 0 Å². The van der Waals surface area contributed by atoms with Crippen LogP contribution in [0.2, 0.25) is 15.1 Å². The average Bonchev–Trinajstić information content (AvgIpc) is 2.58. The van der Waals surface area contributed by atoms with Crippen LogP contribution in [0.3, 0.4) is 0 Å². The number of hydrogen-bond donors (Lipinski definition) is 1. The SMILES string of the molecule is CN(C)C=NS(=O)(=O)c1cc(C(=O)c2ccc(O)c(Cl)c2Cl)ccc1Cl. The lowest BCUT2D eigenvalue weighted by atomic mass is 10.0. The molecule has 0 aliphatic rings. The van der Waals surface area contributed by atoms with Crippen LogP contribution in [0.1, 0.15) is 15.9 Å². The van der Waals surface area contributed by atoms with Crippen molar-refractivity contribution in [2.45, 2.75) is 4.90 Å². The molecule has 26 heavy (non-hydrogen) atoms. The van der Waals surface area contributed by atoms with Gasteiger partial charge in [-0.1, -0.05) is 34.8 Å². The Morgan fingerprint density at radius 2 is 1.77 bits per heavy atom. The summed E-state index contributed by atoms with van der Waals surface area (Å²) < 4.78 is 28.2. The Labute approximate surface area is 165 Å². The lowest BCUT2D eigenvalue weighted by molar-refractivity contribution is 0.103. The highest BCUT2D eigenvalue weighted by Crippen LogP contribution is 2.35. The largest absolute Gasteiger partial charge is 0.506 e. The molecule has 2 aromatic rings. The molecule has 0 aliphatic heterocycles. The first-order valence-corrected chi connectivity index (χ1v) is 9.60. The van der Waals surface area contributed by atoms with Crippen molar-refractivity contribution in [2.24, 2.45) is 4.40 Å². The van der Waals surface area contributed by atoms with Crippen LogP contribution < -0.4 is 0 Å². The van der Waals surface area contributed by atoms with Gasteiger partial charge < -0.3 is 10.0 Å². The van der Waals surface area contributed by atoms with E-state index < -0.39 is 15.8 Å². The van der Waals surface area contributed by atoms with Crippen LogP contribution in [0.5, 0.6) is 5.75 Å². The van der Waals surface area contributed by atoms with Crippen LogP contribution in [0, 0.1) is 0 Å². The van der Waals surface area contributed by atoms with Gasteiger partial charge in [0.2, 0.25) is 0 Å². The number of ketones is 1. The Balaban J connectivity index is 2.54. The van der Waals surface area contributed by atoms with Gasteiger partial charge in [-0.05, 0) is 30.3 Å². The van der Waals surface area contributed by atoms with Crippen molar-refractivity contribution in [3.05, 3.63) is 56.5 Å². The van der Waals surface area contributed by atoms with Crippen LogP contribution in [-0.2, 0) is 10.0 Å². The fraction of sp³-hybridized carbons (Fsp3) is 0.125. The first kappa shape index (κ1) is 20.5. The fourth-order valence-corrected chi connectivity index (χ4v) is 3.76. The molecule has 10 heteroatoms. The average molecular weight is 436 g/mol. The number of hydrogen-bond acceptors (Lipinski definition) is 4. The van der Waals surface area contributed by atoms with E-state index in [0.29, 0.717) is 0 Å². The molecule has 0 atom stereocenters. The minimum Gasteiger partial charge on any atom is -0.506 e. The summed E-state index contributed by atoms with van der Waals surface area (Å²) >= 11 is 17.8. The third kappa shape index (κ3) is 4.29. The number of sulfonamides is 1. The minimum absolute atomic E-state index is 0.0110. The lowest BCUT2D eigenvalue weighted by Crippen LogP contribution is -2.11. The number of nitrogens with zero attached hydrogens (tertiary/aromatic N) is 2. The maximum Gasteiger partial charge on any atom is 0.285 e. The maximum atomic E-state index is 12.7. The van der Waals surface area contributed by atoms with E-state index in [4.69, 9.17) is 34.8 Å². The smallest absolute Gasteiger partial charge is 0.285 e. The van der Waals surface area contributed by atoms with Crippen molar-refractivity contribution in [3.8, 4) is 5.75 Å². The van der Waals surface area contributed by atoms with Crippen molar-refractivity contribution in [2.75, 3.05) is 14.1 Å². The van der Waals surface area contributed by atoms with Gasteiger partial charge in [0, 0.05) is 25.2 Å². The topological polar surface area (TPSA) is 87.0 Å². The molecule has 0 aliphatic carbocycles. The summed E-state index contributed by atoms with van der Waals surface area (Å²) in [6, 6.07) is 6.26. The fourth-order valence-electron chi connectivity index (χ4n) is 1.93. The molecule has 2 aromatic carbocycles. The van der Waals surface area contributed by atoms with E-state index >= 15 is 0 Å². The Kier molecular flexibility index (Phi) is 6.18. The Bertz CT molecular complexity index is 1000. The molecule has 0 bridgehead atoms. The number of phenolic OH excluding ortho intramolecular Hbond substituents is 1. The Hall–Kier alpha value is -1.80. The van der Waals surface area contributed by atoms with Crippen molar-refractivity contribution in [3.63, 3.8) is 0 Å². The number of aromatic hydroxyl groups is 1. The minimum atomic E-state index is -4.10. The normalized spacial score (nSPS) is 11.7. The summed E-state index contributed by atoms with van der Waals surface area (Å²) in [5, 5.41) is 9.14. The van der Waals surface area contributed by atoms with E-state index in [0.717, 1.165) is 12.4 Å². The second-order valence-electron chi connectivity index (χ2n) is 5.39. The van der Waals surface area contributed by atoms with Gasteiger partial charge in [-0.3, -0.25) is 4.79 Å². The zero-order valence-corrected chi connectivity index (χ0v) is 16.7. The van der Waals surface area contributed by atoms with Crippen LogP contribution >= 0.6 is 34.8 Å². The highest BCUT2D eigenvalue weighted by Gasteiger charge is 2.22. The molecule has 0 saturated carbocycles. The van der Waals surface area contributed by atoms with E-state index in [1.54, 1.807) is 14.1 Å². The lowest BCUT2D eigenvalue weighted by Gasteiger charge is -2.09. The van der Waals surface area contributed by atoms with Gasteiger partial charge in [0.1, 0.15) is 22.0 Å². The second kappa shape index (κ2) is 7.84. The van der Waals surface area contributed by atoms with Crippen molar-refractivity contribution in [1.29, 1.82) is 0 Å². The molecule has 0 aromatic heterocycles. The number of carbonyl (C=O) groups excluding carboxylic acids is 1. The molecular weight excluding hydrogens is 423 g/mol. The summed E-state index contributed by atoms with van der Waals surface area (Å²) in [5.74, 6) is -0.854. The second-order valence-corrected chi connectivity index (χ2v) is 8.16. The van der Waals surface area contributed by atoms with Crippen LogP contribution in [0.25, 0.3) is 0 Å². The van der Waals surface area contributed by atoms with Gasteiger partial charge in [-0.15, -0.1) is 4.40 Å². The van der Waals surface area contributed by atoms with Gasteiger partial charge in [0.15, 0.2) is 5.78 Å². The summed E-state index contributed by atoms with van der Waals surface area (Å²) in [7, 11) is -0.888. The van der Waals surface area contributed by atoms with E-state index in [1.165, 1.54) is 29.2 Å². The third-order valence-corrected chi connectivity index (χ3v) is 5.77. The van der Waals surface area contributed by atoms with E-state index in [1.807, 2.05) is 0 Å². The number of phenols is 1.